The maximum absolute atomic E-state index is 13.8. The summed E-state index contributed by atoms with van der Waals surface area (Å²) in [7, 11) is 0. The molecule has 1 heterocycles. The van der Waals surface area contributed by atoms with E-state index in [2.05, 4.69) is 0 Å². The van der Waals surface area contributed by atoms with Gasteiger partial charge >= 0.3 is 12.1 Å². The van der Waals surface area contributed by atoms with Gasteiger partial charge in [-0.2, -0.15) is 0 Å². The molecule has 1 aromatic rings. The zero-order chi connectivity index (χ0) is 30.2. The molecular formula is C32H45NO8. The number of hydrogen-bond donors (Lipinski definition) is 1. The number of ketones is 2. The number of imide groups is 1. The van der Waals surface area contributed by atoms with E-state index in [1.54, 1.807) is 24.3 Å². The van der Waals surface area contributed by atoms with Crippen molar-refractivity contribution in [3.05, 3.63) is 48.0 Å². The first-order valence-corrected chi connectivity index (χ1v) is 14.7. The highest BCUT2D eigenvalue weighted by Crippen LogP contribution is 2.27. The standard InChI is InChI=1S/C32H45NO8/c1-23(2)28-22-40-32(39)33(28)31(38)27(21-25-15-11-10-12-16-25)30(41-24(3)35)29(37)19-18-26(36)17-13-8-6-4-5-7-9-14-20-34/h10-12,15-16,18-19,23,27-28,30,34H,4-9,13-14,17,20-22H2,1-3H3/t27-,28-,30+/m1/s1. The number of benzene rings is 1. The molecule has 0 saturated carbocycles. The van der Waals surface area contributed by atoms with Crippen LogP contribution in [0.15, 0.2) is 42.5 Å². The van der Waals surface area contributed by atoms with E-state index in [4.69, 9.17) is 14.6 Å². The minimum Gasteiger partial charge on any atom is -0.453 e. The summed E-state index contributed by atoms with van der Waals surface area (Å²) in [5.74, 6) is -3.62. The van der Waals surface area contributed by atoms with Crippen LogP contribution >= 0.6 is 0 Å². The van der Waals surface area contributed by atoms with Gasteiger partial charge in [-0.15, -0.1) is 0 Å². The molecule has 41 heavy (non-hydrogen) atoms. The lowest BCUT2D eigenvalue weighted by atomic mass is 9.89. The van der Waals surface area contributed by atoms with Crippen LogP contribution in [0.4, 0.5) is 4.79 Å². The van der Waals surface area contributed by atoms with Crippen LogP contribution in [-0.2, 0) is 35.1 Å². The third-order valence-corrected chi connectivity index (χ3v) is 7.23. The quantitative estimate of drug-likeness (QED) is 0.140. The van der Waals surface area contributed by atoms with Crippen LogP contribution in [0.5, 0.6) is 0 Å². The number of hydrogen-bond acceptors (Lipinski definition) is 8. The number of cyclic esters (lactones) is 1. The van der Waals surface area contributed by atoms with Crippen molar-refractivity contribution in [3.63, 3.8) is 0 Å². The van der Waals surface area contributed by atoms with E-state index >= 15 is 0 Å². The first kappa shape index (κ1) is 33.9. The molecule has 1 aromatic carbocycles. The second kappa shape index (κ2) is 18.2. The molecule has 0 aromatic heterocycles. The van der Waals surface area contributed by atoms with Gasteiger partial charge in [-0.1, -0.05) is 82.7 Å². The molecule has 3 atom stereocenters. The summed E-state index contributed by atoms with van der Waals surface area (Å²) >= 11 is 0. The van der Waals surface area contributed by atoms with E-state index in [0.717, 1.165) is 68.4 Å². The van der Waals surface area contributed by atoms with Crippen molar-refractivity contribution in [2.45, 2.75) is 97.1 Å². The Morgan fingerprint density at radius 3 is 2.17 bits per heavy atom. The average Bonchev–Trinajstić information content (AvgIpc) is 3.34. The highest BCUT2D eigenvalue weighted by Gasteiger charge is 2.46. The van der Waals surface area contributed by atoms with Gasteiger partial charge in [0, 0.05) is 20.0 Å². The summed E-state index contributed by atoms with van der Waals surface area (Å²) in [6, 6.07) is 8.44. The molecule has 226 valence electrons. The van der Waals surface area contributed by atoms with Gasteiger partial charge in [0.1, 0.15) is 6.61 Å². The number of ether oxygens (including phenoxy) is 2. The number of allylic oxidation sites excluding steroid dienone is 1. The van der Waals surface area contributed by atoms with Gasteiger partial charge in [-0.3, -0.25) is 19.2 Å². The summed E-state index contributed by atoms with van der Waals surface area (Å²) in [6.07, 6.45) is 8.03. The Morgan fingerprint density at radius 2 is 1.59 bits per heavy atom. The lowest BCUT2D eigenvalue weighted by Crippen LogP contribution is -2.50. The molecule has 2 amide bonds. The molecule has 1 fully saturated rings. The topological polar surface area (TPSA) is 127 Å². The number of amides is 2. The number of carbonyl (C=O) groups excluding carboxylic acids is 5. The average molecular weight is 572 g/mol. The zero-order valence-electron chi connectivity index (χ0n) is 24.6. The smallest absolute Gasteiger partial charge is 0.416 e. The Bertz CT molecular complexity index is 1040. The Morgan fingerprint density at radius 1 is 0.976 bits per heavy atom. The molecule has 0 aliphatic carbocycles. The van der Waals surface area contributed by atoms with Crippen molar-refractivity contribution in [1.82, 2.24) is 4.90 Å². The summed E-state index contributed by atoms with van der Waals surface area (Å²) in [5, 5.41) is 8.82. The zero-order valence-corrected chi connectivity index (χ0v) is 24.6. The normalized spacial score (nSPS) is 16.6. The predicted octanol–water partition coefficient (Wildman–Crippen LogP) is 4.98. The molecule has 0 bridgehead atoms. The maximum Gasteiger partial charge on any atom is 0.416 e. The van der Waals surface area contributed by atoms with Crippen LogP contribution in [-0.4, -0.2) is 64.9 Å². The fourth-order valence-corrected chi connectivity index (χ4v) is 4.89. The number of carbonyl (C=O) groups is 5. The first-order valence-electron chi connectivity index (χ1n) is 14.7. The molecule has 0 unspecified atom stereocenters. The SMILES string of the molecule is CC(=O)O[C@H](C(=O)C=CC(=O)CCCCCCCCCCO)[C@@H](Cc1ccccc1)C(=O)N1C(=O)OC[C@@H]1C(C)C. The van der Waals surface area contributed by atoms with Gasteiger partial charge in [0.25, 0.3) is 0 Å². The maximum atomic E-state index is 13.8. The van der Waals surface area contributed by atoms with Crippen molar-refractivity contribution in [2.75, 3.05) is 13.2 Å². The Balaban J connectivity index is 2.11. The number of aliphatic hydroxyl groups excluding tert-OH is 1. The van der Waals surface area contributed by atoms with Crippen LogP contribution in [0.3, 0.4) is 0 Å². The number of esters is 1. The molecule has 1 N–H and O–H groups in total. The highest BCUT2D eigenvalue weighted by atomic mass is 16.6. The van der Waals surface area contributed by atoms with Crippen molar-refractivity contribution < 1.29 is 38.6 Å². The van der Waals surface area contributed by atoms with Gasteiger partial charge in [0.2, 0.25) is 5.91 Å². The molecule has 1 aliphatic heterocycles. The van der Waals surface area contributed by atoms with Crippen LogP contribution in [0.1, 0.15) is 84.1 Å². The van der Waals surface area contributed by atoms with Crippen molar-refractivity contribution in [2.24, 2.45) is 11.8 Å². The molecular weight excluding hydrogens is 526 g/mol. The van der Waals surface area contributed by atoms with Crippen LogP contribution in [0.25, 0.3) is 0 Å². The van der Waals surface area contributed by atoms with Gasteiger partial charge in [0.05, 0.1) is 12.0 Å². The van der Waals surface area contributed by atoms with Crippen molar-refractivity contribution in [1.29, 1.82) is 0 Å². The molecule has 0 spiro atoms. The van der Waals surface area contributed by atoms with E-state index in [0.29, 0.717) is 6.42 Å². The van der Waals surface area contributed by atoms with Gasteiger partial charge in [-0.25, -0.2) is 9.69 Å². The summed E-state index contributed by atoms with van der Waals surface area (Å²) < 4.78 is 10.5. The monoisotopic (exact) mass is 571 g/mol. The second-order valence-corrected chi connectivity index (χ2v) is 10.9. The minimum absolute atomic E-state index is 0.0414. The van der Waals surface area contributed by atoms with Crippen molar-refractivity contribution in [3.8, 4) is 0 Å². The minimum atomic E-state index is -1.52. The highest BCUT2D eigenvalue weighted by molar-refractivity contribution is 6.04. The predicted molar refractivity (Wildman–Crippen MR) is 154 cm³/mol. The fraction of sp³-hybridized carbons (Fsp3) is 0.594. The van der Waals surface area contributed by atoms with E-state index < -0.39 is 41.8 Å². The summed E-state index contributed by atoms with van der Waals surface area (Å²) in [6.45, 7) is 5.15. The third-order valence-electron chi connectivity index (χ3n) is 7.23. The molecule has 1 saturated heterocycles. The first-order chi connectivity index (χ1) is 19.6. The third kappa shape index (κ3) is 11.6. The molecule has 9 heteroatoms. The summed E-state index contributed by atoms with van der Waals surface area (Å²) in [4.78, 5) is 65.3. The van der Waals surface area contributed by atoms with E-state index in [1.807, 2.05) is 19.9 Å². The Kier molecular flexibility index (Phi) is 15.0. The lowest BCUT2D eigenvalue weighted by Gasteiger charge is -2.30. The molecule has 0 radical (unpaired) electrons. The molecule has 2 rings (SSSR count). The molecule has 9 nitrogen and oxygen atoms in total. The largest absolute Gasteiger partial charge is 0.453 e. The lowest BCUT2D eigenvalue weighted by molar-refractivity contribution is -0.159. The second-order valence-electron chi connectivity index (χ2n) is 10.9. The van der Waals surface area contributed by atoms with E-state index in [1.165, 1.54) is 6.08 Å². The van der Waals surface area contributed by atoms with Crippen LogP contribution < -0.4 is 0 Å². The van der Waals surface area contributed by atoms with E-state index in [9.17, 15) is 24.0 Å². The number of aliphatic hydroxyl groups is 1. The van der Waals surface area contributed by atoms with E-state index in [-0.39, 0.29) is 37.8 Å². The number of unbranched alkanes of at least 4 members (excludes halogenated alkanes) is 7. The number of nitrogens with zero attached hydrogens (tertiary/aromatic N) is 1. The van der Waals surface area contributed by atoms with Crippen molar-refractivity contribution >= 4 is 29.5 Å². The number of rotatable bonds is 19. The van der Waals surface area contributed by atoms with Crippen LogP contribution in [0.2, 0.25) is 0 Å². The van der Waals surface area contributed by atoms with Gasteiger partial charge in [0.15, 0.2) is 17.7 Å². The van der Waals surface area contributed by atoms with Gasteiger partial charge < -0.3 is 14.6 Å². The van der Waals surface area contributed by atoms with Gasteiger partial charge in [-0.05, 0) is 42.9 Å². The Labute approximate surface area is 243 Å². The Hall–Kier alpha value is -3.33. The summed E-state index contributed by atoms with van der Waals surface area (Å²) in [5.41, 5.74) is 0.720. The molecule has 1 aliphatic rings. The fourth-order valence-electron chi connectivity index (χ4n) is 4.89. The van der Waals surface area contributed by atoms with Crippen LogP contribution in [0, 0.1) is 11.8 Å².